The highest BCUT2D eigenvalue weighted by molar-refractivity contribution is 14.1. The number of ether oxygens (including phenoxy) is 2. The molecule has 1 rings (SSSR count). The molecule has 1 heterocycles. The molecule has 0 N–H and O–H groups in total. The molecule has 0 aliphatic carbocycles. The predicted octanol–water partition coefficient (Wildman–Crippen LogP) is 2.13. The summed E-state index contributed by atoms with van der Waals surface area (Å²) in [6.45, 7) is 0.233. The van der Waals surface area contributed by atoms with Crippen LogP contribution < -0.4 is 0 Å². The van der Waals surface area contributed by atoms with Crippen LogP contribution in [0.3, 0.4) is 0 Å². The van der Waals surface area contributed by atoms with Crippen molar-refractivity contribution < 1.29 is 14.3 Å². The average Bonchev–Trinajstić information content (AvgIpc) is 2.28. The highest BCUT2D eigenvalue weighted by Crippen LogP contribution is 1.99. The molecular weight excluding hydrogens is 309 g/mol. The number of rotatable bonds is 3. The standard InChI is InChI=1S/C10H8INO3/c11-4-1-7-14-10(13)15-8-9-2-5-12-6-3-9/h2-3,5-6H,7-8H2. The molecule has 0 amide bonds. The van der Waals surface area contributed by atoms with Gasteiger partial charge >= 0.3 is 6.16 Å². The first-order chi connectivity index (χ1) is 7.33. The van der Waals surface area contributed by atoms with Gasteiger partial charge in [-0.05, 0) is 21.6 Å². The molecule has 0 atom stereocenters. The third-order valence-electron chi connectivity index (χ3n) is 1.44. The van der Waals surface area contributed by atoms with Crippen LogP contribution in [0.15, 0.2) is 24.5 Å². The lowest BCUT2D eigenvalue weighted by Gasteiger charge is -2.03. The van der Waals surface area contributed by atoms with E-state index in [1.807, 2.05) is 22.6 Å². The first-order valence-electron chi connectivity index (χ1n) is 4.10. The van der Waals surface area contributed by atoms with Crippen LogP contribution in [0.25, 0.3) is 0 Å². The van der Waals surface area contributed by atoms with Gasteiger partial charge in [-0.3, -0.25) is 4.98 Å². The molecule has 0 aliphatic rings. The van der Waals surface area contributed by atoms with Gasteiger partial charge in [-0.1, -0.05) is 5.92 Å². The smallest absolute Gasteiger partial charge is 0.429 e. The van der Waals surface area contributed by atoms with Crippen LogP contribution in [0.2, 0.25) is 0 Å². The maximum absolute atomic E-state index is 11.0. The molecule has 1 aromatic rings. The lowest BCUT2D eigenvalue weighted by atomic mass is 10.3. The van der Waals surface area contributed by atoms with Crippen LogP contribution in [-0.2, 0) is 16.1 Å². The predicted molar refractivity (Wildman–Crippen MR) is 62.2 cm³/mol. The number of aromatic nitrogens is 1. The van der Waals surface area contributed by atoms with Crippen molar-refractivity contribution in [1.82, 2.24) is 4.98 Å². The molecular formula is C10H8INO3. The van der Waals surface area contributed by atoms with E-state index in [-0.39, 0.29) is 13.2 Å². The van der Waals surface area contributed by atoms with Crippen LogP contribution in [0.4, 0.5) is 4.79 Å². The Bertz CT molecular complexity index is 369. The summed E-state index contributed by atoms with van der Waals surface area (Å²) in [6, 6.07) is 3.52. The molecule has 0 saturated heterocycles. The molecule has 0 aromatic carbocycles. The fourth-order valence-corrected chi connectivity index (χ4v) is 0.941. The monoisotopic (exact) mass is 317 g/mol. The molecule has 4 nitrogen and oxygen atoms in total. The van der Waals surface area contributed by atoms with Crippen LogP contribution in [0, 0.1) is 9.85 Å². The van der Waals surface area contributed by atoms with Gasteiger partial charge in [-0.2, -0.15) is 0 Å². The van der Waals surface area contributed by atoms with E-state index in [1.165, 1.54) is 0 Å². The lowest BCUT2D eigenvalue weighted by Crippen LogP contribution is -2.07. The van der Waals surface area contributed by atoms with Gasteiger partial charge < -0.3 is 9.47 Å². The van der Waals surface area contributed by atoms with Gasteiger partial charge in [0.2, 0.25) is 0 Å². The number of pyridine rings is 1. The SMILES string of the molecule is O=C(OCC#CI)OCc1ccncc1. The summed E-state index contributed by atoms with van der Waals surface area (Å²) in [5.74, 6) is 2.58. The molecule has 5 heteroatoms. The van der Waals surface area contributed by atoms with E-state index in [0.717, 1.165) is 5.56 Å². The van der Waals surface area contributed by atoms with E-state index in [0.29, 0.717) is 0 Å². The minimum atomic E-state index is -0.717. The van der Waals surface area contributed by atoms with E-state index in [4.69, 9.17) is 4.74 Å². The number of hydrogen-bond acceptors (Lipinski definition) is 4. The third kappa shape index (κ3) is 5.22. The average molecular weight is 317 g/mol. The second-order valence-corrected chi connectivity index (χ2v) is 2.99. The van der Waals surface area contributed by atoms with E-state index < -0.39 is 6.16 Å². The molecule has 1 aromatic heterocycles. The van der Waals surface area contributed by atoms with E-state index in [2.05, 4.69) is 19.6 Å². The Morgan fingerprint density at radius 1 is 1.40 bits per heavy atom. The lowest BCUT2D eigenvalue weighted by molar-refractivity contribution is 0.0589. The summed E-state index contributed by atoms with van der Waals surface area (Å²) in [4.78, 5) is 14.8. The van der Waals surface area contributed by atoms with Crippen LogP contribution >= 0.6 is 22.6 Å². The van der Waals surface area contributed by atoms with Crippen molar-refractivity contribution >= 4 is 28.7 Å². The number of carbonyl (C=O) groups is 1. The highest BCUT2D eigenvalue weighted by Gasteiger charge is 2.02. The first-order valence-corrected chi connectivity index (χ1v) is 5.17. The second-order valence-electron chi connectivity index (χ2n) is 2.45. The van der Waals surface area contributed by atoms with E-state index in [9.17, 15) is 4.79 Å². The van der Waals surface area contributed by atoms with E-state index >= 15 is 0 Å². The first kappa shape index (κ1) is 11.8. The molecule has 15 heavy (non-hydrogen) atoms. The van der Waals surface area contributed by atoms with E-state index in [1.54, 1.807) is 24.5 Å². The van der Waals surface area contributed by atoms with Gasteiger partial charge in [0.1, 0.15) is 6.61 Å². The highest BCUT2D eigenvalue weighted by atomic mass is 127. The number of hydrogen-bond donors (Lipinski definition) is 0. The maximum Gasteiger partial charge on any atom is 0.509 e. The number of carbonyl (C=O) groups excluding carboxylic acids is 1. The minimum absolute atomic E-state index is 0.0537. The summed E-state index contributed by atoms with van der Waals surface area (Å²) < 4.78 is 12.0. The Labute approximate surface area is 101 Å². The van der Waals surface area contributed by atoms with Crippen LogP contribution in [-0.4, -0.2) is 17.7 Å². The van der Waals surface area contributed by atoms with Crippen molar-refractivity contribution in [1.29, 1.82) is 0 Å². The molecule has 0 spiro atoms. The Kier molecular flexibility index (Phi) is 5.55. The van der Waals surface area contributed by atoms with Gasteiger partial charge in [-0.15, -0.1) is 0 Å². The normalized spacial score (nSPS) is 8.60. The molecule has 0 aliphatic heterocycles. The van der Waals surface area contributed by atoms with Crippen LogP contribution in [0.5, 0.6) is 0 Å². The third-order valence-corrected chi connectivity index (χ3v) is 1.82. The van der Waals surface area contributed by atoms with Crippen molar-refractivity contribution in [3.63, 3.8) is 0 Å². The van der Waals surface area contributed by atoms with Crippen molar-refractivity contribution in [2.24, 2.45) is 0 Å². The number of nitrogens with zero attached hydrogens (tertiary/aromatic N) is 1. The minimum Gasteiger partial charge on any atom is -0.429 e. The Hall–Kier alpha value is -1.29. The molecule has 0 unspecified atom stereocenters. The van der Waals surface area contributed by atoms with Gasteiger partial charge in [0.15, 0.2) is 6.61 Å². The van der Waals surface area contributed by atoms with Crippen molar-refractivity contribution in [3.8, 4) is 9.85 Å². The summed E-state index contributed by atoms with van der Waals surface area (Å²) in [7, 11) is 0. The molecule has 0 saturated carbocycles. The van der Waals surface area contributed by atoms with Crippen molar-refractivity contribution in [2.45, 2.75) is 6.61 Å². The summed E-state index contributed by atoms with van der Waals surface area (Å²) in [5, 5.41) is 0. The zero-order chi connectivity index (χ0) is 10.9. The summed E-state index contributed by atoms with van der Waals surface area (Å²) in [5.41, 5.74) is 0.863. The quantitative estimate of drug-likeness (QED) is 0.487. The molecule has 0 bridgehead atoms. The summed E-state index contributed by atoms with van der Waals surface area (Å²) in [6.07, 6.45) is 2.54. The Morgan fingerprint density at radius 2 is 2.13 bits per heavy atom. The topological polar surface area (TPSA) is 48.4 Å². The van der Waals surface area contributed by atoms with Crippen molar-refractivity contribution in [3.05, 3.63) is 30.1 Å². The maximum atomic E-state index is 11.0. The zero-order valence-electron chi connectivity index (χ0n) is 7.77. The van der Waals surface area contributed by atoms with Crippen molar-refractivity contribution in [2.75, 3.05) is 6.61 Å². The summed E-state index contributed by atoms with van der Waals surface area (Å²) >= 11 is 1.86. The second kappa shape index (κ2) is 7.06. The van der Waals surface area contributed by atoms with Crippen LogP contribution in [0.1, 0.15) is 5.56 Å². The molecule has 0 radical (unpaired) electrons. The van der Waals surface area contributed by atoms with Gasteiger partial charge in [0.25, 0.3) is 0 Å². The molecule has 0 fully saturated rings. The van der Waals surface area contributed by atoms with Gasteiger partial charge in [-0.25, -0.2) is 4.79 Å². The molecule has 78 valence electrons. The Balaban J connectivity index is 2.24. The number of halogens is 1. The van der Waals surface area contributed by atoms with Gasteiger partial charge in [0, 0.05) is 35.0 Å². The largest absolute Gasteiger partial charge is 0.509 e. The fourth-order valence-electron chi connectivity index (χ4n) is 0.785. The Morgan fingerprint density at radius 3 is 2.80 bits per heavy atom. The fraction of sp³-hybridized carbons (Fsp3) is 0.200. The van der Waals surface area contributed by atoms with Gasteiger partial charge in [0.05, 0.1) is 0 Å². The zero-order valence-corrected chi connectivity index (χ0v) is 9.93.